The van der Waals surface area contributed by atoms with Crippen LogP contribution in [0.5, 0.6) is 5.75 Å². The topological polar surface area (TPSA) is 70.8 Å². The lowest BCUT2D eigenvalue weighted by Crippen LogP contribution is -2.21. The number of phenols is 1. The number of sulfonamides is 1. The molecular formula is C10H11NO4S. The fourth-order valence-electron chi connectivity index (χ4n) is 1.33. The van der Waals surface area contributed by atoms with Crippen LogP contribution in [0.4, 0.5) is 0 Å². The summed E-state index contributed by atoms with van der Waals surface area (Å²) in [7, 11) is -0.762. The predicted molar refractivity (Wildman–Crippen MR) is 58.8 cm³/mol. The lowest BCUT2D eigenvalue weighted by molar-refractivity contribution is 0.448. The van der Waals surface area contributed by atoms with Gasteiger partial charge in [-0.3, -0.25) is 0 Å². The highest BCUT2D eigenvalue weighted by Crippen LogP contribution is 2.30. The van der Waals surface area contributed by atoms with Gasteiger partial charge in [0.05, 0.1) is 5.39 Å². The minimum atomic E-state index is -3.60. The Morgan fingerprint density at radius 3 is 2.56 bits per heavy atom. The highest BCUT2D eigenvalue weighted by molar-refractivity contribution is 7.89. The maximum Gasteiger partial charge on any atom is 0.275 e. The molecular weight excluding hydrogens is 230 g/mol. The first-order valence-electron chi connectivity index (χ1n) is 4.57. The van der Waals surface area contributed by atoms with Gasteiger partial charge in [0.15, 0.2) is 0 Å². The Morgan fingerprint density at radius 2 is 2.00 bits per heavy atom. The first-order valence-corrected chi connectivity index (χ1v) is 6.01. The number of rotatable bonds is 2. The van der Waals surface area contributed by atoms with E-state index in [0.717, 1.165) is 4.31 Å². The van der Waals surface area contributed by atoms with Crippen molar-refractivity contribution in [1.29, 1.82) is 0 Å². The smallest absolute Gasteiger partial charge is 0.275 e. The molecule has 86 valence electrons. The summed E-state index contributed by atoms with van der Waals surface area (Å²) >= 11 is 0. The minimum absolute atomic E-state index is 0.00135. The molecule has 0 saturated carbocycles. The summed E-state index contributed by atoms with van der Waals surface area (Å²) in [6.07, 6.45) is 0. The molecule has 0 atom stereocenters. The van der Waals surface area contributed by atoms with Gasteiger partial charge in [0.1, 0.15) is 11.3 Å². The molecule has 0 aliphatic heterocycles. The van der Waals surface area contributed by atoms with Crippen LogP contribution < -0.4 is 0 Å². The van der Waals surface area contributed by atoms with Gasteiger partial charge in [-0.1, -0.05) is 6.07 Å². The Kier molecular flexibility index (Phi) is 2.40. The van der Waals surface area contributed by atoms with Gasteiger partial charge in [0.2, 0.25) is 5.09 Å². The van der Waals surface area contributed by atoms with E-state index in [0.29, 0.717) is 11.0 Å². The van der Waals surface area contributed by atoms with E-state index in [1.165, 1.54) is 26.2 Å². The van der Waals surface area contributed by atoms with Crippen LogP contribution in [0.15, 0.2) is 33.8 Å². The van der Waals surface area contributed by atoms with Crippen LogP contribution in [0.3, 0.4) is 0 Å². The van der Waals surface area contributed by atoms with E-state index in [1.54, 1.807) is 12.1 Å². The maximum atomic E-state index is 11.8. The van der Waals surface area contributed by atoms with Gasteiger partial charge in [0, 0.05) is 20.2 Å². The van der Waals surface area contributed by atoms with Gasteiger partial charge in [0.25, 0.3) is 10.0 Å². The average molecular weight is 241 g/mol. The lowest BCUT2D eigenvalue weighted by atomic mass is 10.2. The minimum Gasteiger partial charge on any atom is -0.507 e. The number of nitrogens with zero attached hydrogens (tertiary/aromatic N) is 1. The highest BCUT2D eigenvalue weighted by Gasteiger charge is 2.22. The maximum absolute atomic E-state index is 11.8. The van der Waals surface area contributed by atoms with Crippen molar-refractivity contribution in [2.24, 2.45) is 0 Å². The van der Waals surface area contributed by atoms with Crippen LogP contribution in [-0.2, 0) is 10.0 Å². The van der Waals surface area contributed by atoms with Crippen molar-refractivity contribution < 1.29 is 17.9 Å². The normalized spacial score (nSPS) is 12.4. The van der Waals surface area contributed by atoms with Gasteiger partial charge in [-0.25, -0.2) is 12.7 Å². The van der Waals surface area contributed by atoms with Crippen molar-refractivity contribution in [2.45, 2.75) is 5.09 Å². The van der Waals surface area contributed by atoms with Crippen LogP contribution in [-0.4, -0.2) is 31.9 Å². The average Bonchev–Trinajstić information content (AvgIpc) is 2.63. The number of benzene rings is 1. The van der Waals surface area contributed by atoms with E-state index in [-0.39, 0.29) is 10.8 Å². The molecule has 0 radical (unpaired) electrons. The molecule has 5 nitrogen and oxygen atoms in total. The van der Waals surface area contributed by atoms with E-state index in [4.69, 9.17) is 4.42 Å². The quantitative estimate of drug-likeness (QED) is 0.862. The Hall–Kier alpha value is -1.53. The third-order valence-corrected chi connectivity index (χ3v) is 3.92. The summed E-state index contributed by atoms with van der Waals surface area (Å²) < 4.78 is 29.8. The van der Waals surface area contributed by atoms with Gasteiger partial charge in [-0.2, -0.15) is 0 Å². The third kappa shape index (κ3) is 1.56. The number of hydrogen-bond acceptors (Lipinski definition) is 4. The Bertz CT molecular complexity index is 627. The van der Waals surface area contributed by atoms with Crippen molar-refractivity contribution in [3.05, 3.63) is 24.3 Å². The van der Waals surface area contributed by atoms with Crippen LogP contribution in [0.2, 0.25) is 0 Å². The molecule has 6 heteroatoms. The molecule has 0 amide bonds. The SMILES string of the molecule is CN(C)S(=O)(=O)c1cc2c(O)cccc2o1. The van der Waals surface area contributed by atoms with Crippen molar-refractivity contribution in [1.82, 2.24) is 4.31 Å². The molecule has 0 saturated heterocycles. The van der Waals surface area contributed by atoms with Gasteiger partial charge in [-0.05, 0) is 12.1 Å². The second kappa shape index (κ2) is 3.50. The molecule has 0 fully saturated rings. The van der Waals surface area contributed by atoms with Crippen LogP contribution in [0, 0.1) is 0 Å². The van der Waals surface area contributed by atoms with Gasteiger partial charge in [-0.15, -0.1) is 0 Å². The molecule has 1 heterocycles. The van der Waals surface area contributed by atoms with Gasteiger partial charge < -0.3 is 9.52 Å². The molecule has 16 heavy (non-hydrogen) atoms. The zero-order valence-corrected chi connectivity index (χ0v) is 9.65. The fraction of sp³-hybridized carbons (Fsp3) is 0.200. The van der Waals surface area contributed by atoms with E-state index >= 15 is 0 Å². The monoisotopic (exact) mass is 241 g/mol. The third-order valence-electron chi connectivity index (χ3n) is 2.25. The molecule has 1 aromatic carbocycles. The largest absolute Gasteiger partial charge is 0.507 e. The predicted octanol–water partition coefficient (Wildman–Crippen LogP) is 1.39. The summed E-state index contributed by atoms with van der Waals surface area (Å²) in [5.41, 5.74) is 0.348. The molecule has 0 unspecified atom stereocenters. The number of aromatic hydroxyl groups is 1. The first-order chi connectivity index (χ1) is 7.43. The Labute approximate surface area is 93.0 Å². The summed E-state index contributed by atoms with van der Waals surface area (Å²) in [5, 5.41) is 9.74. The second-order valence-electron chi connectivity index (χ2n) is 3.54. The number of fused-ring (bicyclic) bond motifs is 1. The molecule has 1 aromatic heterocycles. The molecule has 0 aliphatic rings. The zero-order chi connectivity index (χ0) is 11.9. The van der Waals surface area contributed by atoms with Crippen LogP contribution >= 0.6 is 0 Å². The Balaban J connectivity index is 2.70. The highest BCUT2D eigenvalue weighted by atomic mass is 32.2. The lowest BCUT2D eigenvalue weighted by Gasteiger charge is -2.07. The molecule has 0 bridgehead atoms. The van der Waals surface area contributed by atoms with E-state index in [9.17, 15) is 13.5 Å². The standard InChI is InChI=1S/C10H11NO4S/c1-11(2)16(13,14)10-6-7-8(12)4-3-5-9(7)15-10/h3-6,12H,1-2H3. The van der Waals surface area contributed by atoms with E-state index < -0.39 is 10.0 Å². The molecule has 0 spiro atoms. The summed E-state index contributed by atoms with van der Waals surface area (Å²) in [6.45, 7) is 0. The van der Waals surface area contributed by atoms with Crippen molar-refractivity contribution in [3.8, 4) is 5.75 Å². The van der Waals surface area contributed by atoms with Crippen molar-refractivity contribution in [3.63, 3.8) is 0 Å². The second-order valence-corrected chi connectivity index (χ2v) is 5.62. The Morgan fingerprint density at radius 1 is 1.31 bits per heavy atom. The number of hydrogen-bond donors (Lipinski definition) is 1. The molecule has 1 N–H and O–H groups in total. The summed E-state index contributed by atoms with van der Waals surface area (Å²) in [4.78, 5) is 0. The fourth-order valence-corrected chi connectivity index (χ4v) is 2.15. The number of furan rings is 1. The van der Waals surface area contributed by atoms with Crippen LogP contribution in [0.25, 0.3) is 11.0 Å². The zero-order valence-electron chi connectivity index (χ0n) is 8.84. The van der Waals surface area contributed by atoms with E-state index in [1.807, 2.05) is 0 Å². The molecule has 2 rings (SSSR count). The van der Waals surface area contributed by atoms with E-state index in [2.05, 4.69) is 0 Å². The van der Waals surface area contributed by atoms with Gasteiger partial charge >= 0.3 is 0 Å². The summed E-state index contributed by atoms with van der Waals surface area (Å²) in [5.74, 6) is 0.00135. The first kappa shape index (κ1) is 11.0. The summed E-state index contributed by atoms with van der Waals surface area (Å²) in [6, 6.07) is 5.99. The van der Waals surface area contributed by atoms with Crippen molar-refractivity contribution in [2.75, 3.05) is 14.1 Å². The van der Waals surface area contributed by atoms with Crippen molar-refractivity contribution >= 4 is 21.0 Å². The molecule has 2 aromatic rings. The molecule has 0 aliphatic carbocycles. The van der Waals surface area contributed by atoms with Crippen LogP contribution in [0.1, 0.15) is 0 Å². The number of phenolic OH excluding ortho intramolecular Hbond substituents is 1.